The number of allylic oxidation sites excluding steroid dienone is 4. The monoisotopic (exact) mass is 530 g/mol. The van der Waals surface area contributed by atoms with Crippen LogP contribution in [-0.4, -0.2) is 35.5 Å². The predicted molar refractivity (Wildman–Crippen MR) is 150 cm³/mol. The molecule has 7 atom stereocenters. The third-order valence-corrected chi connectivity index (χ3v) is 13.5. The zero-order chi connectivity index (χ0) is 28.4. The number of carbonyl (C=O) groups excluding carboxylic acids is 3. The van der Waals surface area contributed by atoms with Crippen LogP contribution in [0.3, 0.4) is 0 Å². The lowest BCUT2D eigenvalue weighted by Crippen LogP contribution is -2.66. The number of likely N-dealkylation sites (tertiary alicyclic amines) is 1. The van der Waals surface area contributed by atoms with E-state index in [1.807, 2.05) is 26.0 Å². The van der Waals surface area contributed by atoms with E-state index in [4.69, 9.17) is 0 Å². The van der Waals surface area contributed by atoms with E-state index in [0.29, 0.717) is 6.42 Å². The van der Waals surface area contributed by atoms with Crippen molar-refractivity contribution in [1.29, 1.82) is 5.26 Å². The molecule has 39 heavy (non-hydrogen) atoms. The molecule has 5 nitrogen and oxygen atoms in total. The molecule has 1 amide bonds. The van der Waals surface area contributed by atoms with E-state index in [9.17, 15) is 19.6 Å². The van der Waals surface area contributed by atoms with E-state index in [0.717, 1.165) is 63.6 Å². The summed E-state index contributed by atoms with van der Waals surface area (Å²) in [5, 5.41) is 9.92. The van der Waals surface area contributed by atoms with Crippen LogP contribution in [0.5, 0.6) is 0 Å². The van der Waals surface area contributed by atoms with E-state index in [1.54, 1.807) is 0 Å². The van der Waals surface area contributed by atoms with Gasteiger partial charge in [0.1, 0.15) is 6.07 Å². The minimum atomic E-state index is -0.642. The molecule has 6 rings (SSSR count). The van der Waals surface area contributed by atoms with Gasteiger partial charge < -0.3 is 4.90 Å². The molecule has 6 aliphatic rings. The number of hydrogen-bond acceptors (Lipinski definition) is 4. The van der Waals surface area contributed by atoms with Crippen molar-refractivity contribution >= 4 is 17.5 Å². The molecule has 0 aromatic heterocycles. The Hall–Kier alpha value is -2.22. The standard InChI is InChI=1S/C34H46N2O3/c1-29(2)11-13-34(20-36-15-9-26(36)38)14-12-33(7)27(22(34)18-29)23(37)16-25-31(5)17-21(19-35)28(39)30(3,4)24(31)8-10-32(25,33)6/h16-17,22,24,27H,8-15,18,20H2,1-7H3/t22-,24-,27-,31-,32+,33+,34+/m0/s1. The second-order valence-corrected chi connectivity index (χ2v) is 16.2. The number of hydrogen-bond donors (Lipinski definition) is 0. The molecule has 0 unspecified atom stereocenters. The van der Waals surface area contributed by atoms with E-state index in [1.165, 1.54) is 0 Å². The van der Waals surface area contributed by atoms with Gasteiger partial charge in [-0.2, -0.15) is 5.26 Å². The fraction of sp³-hybridized carbons (Fsp3) is 0.765. The van der Waals surface area contributed by atoms with Gasteiger partial charge in [-0.15, -0.1) is 0 Å². The molecule has 1 aliphatic heterocycles. The number of nitrogens with zero attached hydrogens (tertiary/aromatic N) is 2. The van der Waals surface area contributed by atoms with Crippen LogP contribution in [0.25, 0.3) is 0 Å². The number of β-lactam (4-membered cyclic amide) rings is 1. The van der Waals surface area contributed by atoms with Crippen LogP contribution in [-0.2, 0) is 14.4 Å². The van der Waals surface area contributed by atoms with Crippen molar-refractivity contribution in [3.63, 3.8) is 0 Å². The lowest BCUT2D eigenvalue weighted by molar-refractivity contribution is -0.178. The first-order valence-corrected chi connectivity index (χ1v) is 15.3. The van der Waals surface area contributed by atoms with Gasteiger partial charge in [0.15, 0.2) is 11.6 Å². The van der Waals surface area contributed by atoms with E-state index in [-0.39, 0.29) is 62.5 Å². The average Bonchev–Trinajstić information content (AvgIpc) is 2.85. The third-order valence-electron chi connectivity index (χ3n) is 13.5. The van der Waals surface area contributed by atoms with Gasteiger partial charge in [-0.1, -0.05) is 60.1 Å². The highest BCUT2D eigenvalue weighted by Gasteiger charge is 2.70. The zero-order valence-corrected chi connectivity index (χ0v) is 25.1. The normalized spacial score (nSPS) is 45.9. The summed E-state index contributed by atoms with van der Waals surface area (Å²) < 4.78 is 0. The summed E-state index contributed by atoms with van der Waals surface area (Å²) in [6.45, 7) is 17.3. The van der Waals surface area contributed by atoms with Crippen molar-refractivity contribution in [2.45, 2.75) is 99.8 Å². The van der Waals surface area contributed by atoms with Crippen LogP contribution in [0, 0.1) is 61.6 Å². The summed E-state index contributed by atoms with van der Waals surface area (Å²) in [6, 6.07) is 2.20. The Labute approximate surface area is 234 Å². The largest absolute Gasteiger partial charge is 0.342 e. The Balaban J connectivity index is 1.49. The molecule has 5 aliphatic carbocycles. The number of carbonyl (C=O) groups is 3. The highest BCUT2D eigenvalue weighted by molar-refractivity contribution is 6.04. The van der Waals surface area contributed by atoms with Crippen LogP contribution < -0.4 is 0 Å². The number of rotatable bonds is 2. The van der Waals surface area contributed by atoms with Crippen molar-refractivity contribution in [2.75, 3.05) is 13.1 Å². The van der Waals surface area contributed by atoms with Gasteiger partial charge in [0.25, 0.3) is 0 Å². The minimum Gasteiger partial charge on any atom is -0.342 e. The summed E-state index contributed by atoms with van der Waals surface area (Å²) in [6.07, 6.45) is 11.8. The number of Topliss-reactive ketones (excluding diaryl/α,β-unsaturated/α-hetero) is 1. The molecule has 5 heteroatoms. The molecule has 1 heterocycles. The van der Waals surface area contributed by atoms with Gasteiger partial charge in [0.2, 0.25) is 5.91 Å². The lowest BCUT2D eigenvalue weighted by atomic mass is 9.34. The lowest BCUT2D eigenvalue weighted by Gasteiger charge is -2.69. The van der Waals surface area contributed by atoms with Crippen molar-refractivity contribution < 1.29 is 14.4 Å². The summed E-state index contributed by atoms with van der Waals surface area (Å²) in [5.74, 6) is 0.719. The van der Waals surface area contributed by atoms with Crippen LogP contribution in [0.2, 0.25) is 0 Å². The van der Waals surface area contributed by atoms with Gasteiger partial charge in [-0.3, -0.25) is 14.4 Å². The van der Waals surface area contributed by atoms with Crippen LogP contribution in [0.15, 0.2) is 23.3 Å². The Kier molecular flexibility index (Phi) is 5.50. The maximum Gasteiger partial charge on any atom is 0.224 e. The first-order chi connectivity index (χ1) is 18.0. The summed E-state index contributed by atoms with van der Waals surface area (Å²) in [4.78, 5) is 42.3. The van der Waals surface area contributed by atoms with Crippen molar-refractivity contribution in [2.24, 2.45) is 50.2 Å². The Morgan fingerprint density at radius 2 is 1.67 bits per heavy atom. The molecule has 3 saturated carbocycles. The zero-order valence-electron chi connectivity index (χ0n) is 25.1. The Bertz CT molecular complexity index is 1280. The Morgan fingerprint density at radius 1 is 0.974 bits per heavy atom. The van der Waals surface area contributed by atoms with Crippen LogP contribution in [0.1, 0.15) is 99.8 Å². The van der Waals surface area contributed by atoms with Crippen molar-refractivity contribution in [1.82, 2.24) is 4.90 Å². The summed E-state index contributed by atoms with van der Waals surface area (Å²) in [7, 11) is 0. The number of ketones is 2. The molecular weight excluding hydrogens is 484 g/mol. The molecular formula is C34H46N2O3. The SMILES string of the molecule is CC1(C)CC[C@]2(CN3CCC3=O)CC[C@]3(C)[C@H](C(=O)C=C4[C@@]5(C)C=C(C#N)C(=O)C(C)(C)[C@@H]5CC[C@]43C)[C@@H]2C1. The summed E-state index contributed by atoms with van der Waals surface area (Å²) in [5.41, 5.74) is 0.0719. The minimum absolute atomic E-state index is 0.0153. The molecule has 0 aromatic rings. The average molecular weight is 531 g/mol. The fourth-order valence-corrected chi connectivity index (χ4v) is 10.9. The predicted octanol–water partition coefficient (Wildman–Crippen LogP) is 6.44. The van der Waals surface area contributed by atoms with Crippen molar-refractivity contribution in [3.8, 4) is 6.07 Å². The highest BCUT2D eigenvalue weighted by Crippen LogP contribution is 2.74. The van der Waals surface area contributed by atoms with Gasteiger partial charge >= 0.3 is 0 Å². The van der Waals surface area contributed by atoms with Crippen LogP contribution in [0.4, 0.5) is 0 Å². The first-order valence-electron chi connectivity index (χ1n) is 15.3. The van der Waals surface area contributed by atoms with E-state index in [2.05, 4.69) is 45.6 Å². The maximum atomic E-state index is 14.6. The first kappa shape index (κ1) is 27.0. The Morgan fingerprint density at radius 3 is 2.28 bits per heavy atom. The topological polar surface area (TPSA) is 78.2 Å². The molecule has 4 fully saturated rings. The second kappa shape index (κ2) is 7.95. The second-order valence-electron chi connectivity index (χ2n) is 16.2. The quantitative estimate of drug-likeness (QED) is 0.385. The smallest absolute Gasteiger partial charge is 0.224 e. The van der Waals surface area contributed by atoms with Crippen molar-refractivity contribution in [3.05, 3.63) is 23.3 Å². The maximum absolute atomic E-state index is 14.6. The molecule has 0 spiro atoms. The number of fused-ring (bicyclic) bond motifs is 7. The molecule has 210 valence electrons. The highest BCUT2D eigenvalue weighted by atomic mass is 16.2. The molecule has 0 aromatic carbocycles. The van der Waals surface area contributed by atoms with Gasteiger partial charge in [0, 0.05) is 36.3 Å². The fourth-order valence-electron chi connectivity index (χ4n) is 10.9. The summed E-state index contributed by atoms with van der Waals surface area (Å²) >= 11 is 0. The van der Waals surface area contributed by atoms with E-state index < -0.39 is 10.8 Å². The molecule has 0 bridgehead atoms. The van der Waals surface area contributed by atoms with Crippen LogP contribution >= 0.6 is 0 Å². The van der Waals surface area contributed by atoms with Gasteiger partial charge in [-0.25, -0.2) is 0 Å². The molecule has 1 saturated heterocycles. The number of nitriles is 1. The number of amides is 1. The van der Waals surface area contributed by atoms with Gasteiger partial charge in [0.05, 0.1) is 5.57 Å². The third kappa shape index (κ3) is 3.33. The molecule has 0 N–H and O–H groups in total. The van der Waals surface area contributed by atoms with Gasteiger partial charge in [-0.05, 0) is 84.5 Å². The molecule has 0 radical (unpaired) electrons. The van der Waals surface area contributed by atoms with E-state index >= 15 is 0 Å².